The quantitative estimate of drug-likeness (QED) is 0.754. The molecular weight excluding hydrogens is 260 g/mol. The molecule has 0 aromatic carbocycles. The fourth-order valence-electron chi connectivity index (χ4n) is 2.30. The molecule has 0 aliphatic rings. The van der Waals surface area contributed by atoms with E-state index in [-0.39, 0.29) is 6.10 Å². The van der Waals surface area contributed by atoms with Crippen LogP contribution in [0, 0.1) is 0 Å². The predicted octanol–water partition coefficient (Wildman–Crippen LogP) is 3.46. The Morgan fingerprint density at radius 1 is 1.37 bits per heavy atom. The maximum atomic E-state index is 6.20. The average molecular weight is 285 g/mol. The molecule has 108 valence electrons. The van der Waals surface area contributed by atoms with Crippen LogP contribution < -0.4 is 5.32 Å². The number of hydrogen-bond donors (Lipinski definition) is 1. The van der Waals surface area contributed by atoms with E-state index in [2.05, 4.69) is 24.1 Å². The lowest BCUT2D eigenvalue weighted by Crippen LogP contribution is -2.43. The molecule has 3 nitrogen and oxygen atoms in total. The highest BCUT2D eigenvalue weighted by Crippen LogP contribution is 2.19. The van der Waals surface area contributed by atoms with Crippen molar-refractivity contribution >= 4 is 11.6 Å². The monoisotopic (exact) mass is 284 g/mol. The molecule has 1 rings (SSSR count). The van der Waals surface area contributed by atoms with E-state index >= 15 is 0 Å². The highest BCUT2D eigenvalue weighted by molar-refractivity contribution is 6.31. The van der Waals surface area contributed by atoms with E-state index in [0.717, 1.165) is 43.0 Å². The molecule has 0 bridgehead atoms. The smallest absolute Gasteiger partial charge is 0.0731 e. The van der Waals surface area contributed by atoms with E-state index in [0.29, 0.717) is 6.04 Å². The summed E-state index contributed by atoms with van der Waals surface area (Å²) in [4.78, 5) is 4.03. The molecule has 0 aliphatic heterocycles. The molecule has 1 heterocycles. The molecular formula is C15H25ClN2O. The zero-order valence-electron chi connectivity index (χ0n) is 12.2. The second-order valence-electron chi connectivity index (χ2n) is 4.62. The third-order valence-corrected chi connectivity index (χ3v) is 3.51. The van der Waals surface area contributed by atoms with Crippen molar-refractivity contribution in [1.29, 1.82) is 0 Å². The molecule has 19 heavy (non-hydrogen) atoms. The van der Waals surface area contributed by atoms with Gasteiger partial charge in [-0.1, -0.05) is 31.9 Å². The lowest BCUT2D eigenvalue weighted by Gasteiger charge is -2.28. The van der Waals surface area contributed by atoms with E-state index in [9.17, 15) is 0 Å². The summed E-state index contributed by atoms with van der Waals surface area (Å²) in [5.41, 5.74) is 1.13. The number of pyridine rings is 1. The molecule has 1 N–H and O–H groups in total. The summed E-state index contributed by atoms with van der Waals surface area (Å²) in [5, 5.41) is 4.26. The zero-order chi connectivity index (χ0) is 14.1. The van der Waals surface area contributed by atoms with E-state index in [1.54, 1.807) is 12.4 Å². The number of ether oxygens (including phenoxy) is 1. The average Bonchev–Trinajstić information content (AvgIpc) is 2.40. The van der Waals surface area contributed by atoms with Crippen molar-refractivity contribution in [3.05, 3.63) is 29.0 Å². The first-order valence-electron chi connectivity index (χ1n) is 7.16. The van der Waals surface area contributed by atoms with Crippen LogP contribution in [0.2, 0.25) is 5.02 Å². The van der Waals surface area contributed by atoms with Crippen molar-refractivity contribution in [1.82, 2.24) is 10.3 Å². The van der Waals surface area contributed by atoms with Gasteiger partial charge < -0.3 is 10.1 Å². The number of rotatable bonds is 9. The van der Waals surface area contributed by atoms with Gasteiger partial charge in [0.1, 0.15) is 0 Å². The van der Waals surface area contributed by atoms with Gasteiger partial charge in [0.05, 0.1) is 11.1 Å². The Kier molecular flexibility index (Phi) is 8.03. The molecule has 0 radical (unpaired) electrons. The van der Waals surface area contributed by atoms with Crippen LogP contribution in [0.3, 0.4) is 0 Å². The molecule has 0 saturated heterocycles. The van der Waals surface area contributed by atoms with Crippen molar-refractivity contribution < 1.29 is 4.74 Å². The van der Waals surface area contributed by atoms with Crippen molar-refractivity contribution in [2.24, 2.45) is 0 Å². The predicted molar refractivity (Wildman–Crippen MR) is 80.7 cm³/mol. The van der Waals surface area contributed by atoms with Crippen LogP contribution in [0.1, 0.15) is 39.2 Å². The molecule has 0 spiro atoms. The zero-order valence-corrected chi connectivity index (χ0v) is 12.9. The molecule has 0 saturated carbocycles. The number of nitrogens with zero attached hydrogens (tertiary/aromatic N) is 1. The van der Waals surface area contributed by atoms with E-state index in [1.807, 2.05) is 13.0 Å². The number of aromatic nitrogens is 1. The van der Waals surface area contributed by atoms with Crippen LogP contribution in [0.4, 0.5) is 0 Å². The first-order chi connectivity index (χ1) is 9.22. The second-order valence-corrected chi connectivity index (χ2v) is 5.03. The van der Waals surface area contributed by atoms with Crippen LogP contribution in [0.25, 0.3) is 0 Å². The van der Waals surface area contributed by atoms with Gasteiger partial charge in [0, 0.05) is 25.0 Å². The largest absolute Gasteiger partial charge is 0.377 e. The van der Waals surface area contributed by atoms with Gasteiger partial charge in [0.15, 0.2) is 0 Å². The summed E-state index contributed by atoms with van der Waals surface area (Å²) < 4.78 is 5.89. The molecule has 2 unspecified atom stereocenters. The summed E-state index contributed by atoms with van der Waals surface area (Å²) >= 11 is 6.20. The van der Waals surface area contributed by atoms with Crippen LogP contribution in [-0.2, 0) is 11.2 Å². The normalized spacial score (nSPS) is 14.3. The summed E-state index contributed by atoms with van der Waals surface area (Å²) in [6.07, 6.45) is 6.79. The number of likely N-dealkylation sites (N-methyl/N-ethyl adjacent to an activating group) is 1. The summed E-state index contributed by atoms with van der Waals surface area (Å²) in [6, 6.07) is 2.28. The van der Waals surface area contributed by atoms with Crippen molar-refractivity contribution in [3.8, 4) is 0 Å². The maximum Gasteiger partial charge on any atom is 0.0731 e. The van der Waals surface area contributed by atoms with E-state index in [1.165, 1.54) is 0 Å². The Morgan fingerprint density at radius 3 is 2.74 bits per heavy atom. The highest BCUT2D eigenvalue weighted by atomic mass is 35.5. The van der Waals surface area contributed by atoms with Crippen LogP contribution >= 0.6 is 11.6 Å². The first-order valence-corrected chi connectivity index (χ1v) is 7.54. The molecule has 0 amide bonds. The fourth-order valence-corrected chi connectivity index (χ4v) is 2.50. The standard InChI is InChI=1S/C15H25ClN2O/c1-4-7-15(19-6-3)14(18-5-2)10-12-8-9-17-11-13(12)16/h8-9,11,14-15,18H,4-7,10H2,1-3H3. The van der Waals surface area contributed by atoms with Gasteiger partial charge in [0.25, 0.3) is 0 Å². The minimum atomic E-state index is 0.235. The van der Waals surface area contributed by atoms with Gasteiger partial charge in [-0.3, -0.25) is 4.98 Å². The Bertz CT molecular complexity index is 354. The molecule has 1 aromatic rings. The van der Waals surface area contributed by atoms with Crippen molar-refractivity contribution in [2.45, 2.75) is 52.2 Å². The minimum absolute atomic E-state index is 0.235. The Hall–Kier alpha value is -0.640. The number of halogens is 1. The fraction of sp³-hybridized carbons (Fsp3) is 0.667. The lowest BCUT2D eigenvalue weighted by atomic mass is 9.98. The molecule has 0 aliphatic carbocycles. The minimum Gasteiger partial charge on any atom is -0.377 e. The second kappa shape index (κ2) is 9.29. The van der Waals surface area contributed by atoms with Gasteiger partial charge in [-0.05, 0) is 37.9 Å². The van der Waals surface area contributed by atoms with Gasteiger partial charge in [-0.15, -0.1) is 0 Å². The highest BCUT2D eigenvalue weighted by Gasteiger charge is 2.21. The third-order valence-electron chi connectivity index (χ3n) is 3.17. The van der Waals surface area contributed by atoms with Gasteiger partial charge in [-0.25, -0.2) is 0 Å². The SMILES string of the molecule is CCCC(OCC)C(Cc1ccncc1Cl)NCC. The molecule has 1 aromatic heterocycles. The Labute approximate surface area is 121 Å². The van der Waals surface area contributed by atoms with Crippen LogP contribution in [0.5, 0.6) is 0 Å². The van der Waals surface area contributed by atoms with Gasteiger partial charge in [0.2, 0.25) is 0 Å². The number of nitrogens with one attached hydrogen (secondary N) is 1. The van der Waals surface area contributed by atoms with Gasteiger partial charge in [-0.2, -0.15) is 0 Å². The summed E-state index contributed by atoms with van der Waals surface area (Å²) in [7, 11) is 0. The number of hydrogen-bond acceptors (Lipinski definition) is 3. The lowest BCUT2D eigenvalue weighted by molar-refractivity contribution is 0.0285. The Morgan fingerprint density at radius 2 is 2.16 bits per heavy atom. The topological polar surface area (TPSA) is 34.1 Å². The van der Waals surface area contributed by atoms with Crippen LogP contribution in [-0.4, -0.2) is 30.3 Å². The third kappa shape index (κ3) is 5.47. The van der Waals surface area contributed by atoms with Gasteiger partial charge >= 0.3 is 0 Å². The van der Waals surface area contributed by atoms with Crippen molar-refractivity contribution in [2.75, 3.05) is 13.2 Å². The summed E-state index contributed by atoms with van der Waals surface area (Å²) in [5.74, 6) is 0. The van der Waals surface area contributed by atoms with Crippen LogP contribution in [0.15, 0.2) is 18.5 Å². The molecule has 0 fully saturated rings. The van der Waals surface area contributed by atoms with E-state index in [4.69, 9.17) is 16.3 Å². The Balaban J connectivity index is 2.77. The maximum absolute atomic E-state index is 6.20. The summed E-state index contributed by atoms with van der Waals surface area (Å²) in [6.45, 7) is 8.03. The molecule has 4 heteroatoms. The molecule has 2 atom stereocenters. The first kappa shape index (κ1) is 16.4. The van der Waals surface area contributed by atoms with E-state index < -0.39 is 0 Å². The van der Waals surface area contributed by atoms with Crippen molar-refractivity contribution in [3.63, 3.8) is 0 Å².